The average molecular weight is 432 g/mol. The minimum absolute atomic E-state index is 0.0331. The van der Waals surface area contributed by atoms with Gasteiger partial charge in [-0.3, -0.25) is 4.79 Å². The van der Waals surface area contributed by atoms with Crippen LogP contribution in [0, 0.1) is 13.8 Å². The molecule has 4 aromatic carbocycles. The molecule has 0 atom stereocenters. The molecule has 5 rings (SSSR count). The fourth-order valence-electron chi connectivity index (χ4n) is 4.16. The molecular formula is C30H25NO2. The van der Waals surface area contributed by atoms with E-state index in [4.69, 9.17) is 4.74 Å². The second-order valence-corrected chi connectivity index (χ2v) is 8.39. The predicted octanol–water partition coefficient (Wildman–Crippen LogP) is 7.13. The van der Waals surface area contributed by atoms with Gasteiger partial charge in [0.2, 0.25) is 0 Å². The molecule has 5 aromatic rings. The molecule has 0 bridgehead atoms. The molecule has 33 heavy (non-hydrogen) atoms. The van der Waals surface area contributed by atoms with Gasteiger partial charge in [-0.1, -0.05) is 66.2 Å². The van der Waals surface area contributed by atoms with Gasteiger partial charge in [0.1, 0.15) is 11.5 Å². The highest BCUT2D eigenvalue weighted by Crippen LogP contribution is 2.28. The highest BCUT2D eigenvalue weighted by Gasteiger charge is 2.13. The molecule has 0 saturated heterocycles. The summed E-state index contributed by atoms with van der Waals surface area (Å²) in [7, 11) is 0. The van der Waals surface area contributed by atoms with Crippen molar-refractivity contribution < 1.29 is 4.74 Å². The number of ether oxygens (including phenoxy) is 1. The van der Waals surface area contributed by atoms with Gasteiger partial charge in [-0.2, -0.15) is 0 Å². The first kappa shape index (κ1) is 20.8. The number of fused-ring (bicyclic) bond motifs is 1. The summed E-state index contributed by atoms with van der Waals surface area (Å²) in [5.74, 6) is 1.55. The van der Waals surface area contributed by atoms with Crippen molar-refractivity contribution in [1.29, 1.82) is 0 Å². The highest BCUT2D eigenvalue weighted by atomic mass is 16.5. The van der Waals surface area contributed by atoms with E-state index in [1.807, 2.05) is 84.3 Å². The maximum atomic E-state index is 13.7. The first-order chi connectivity index (χ1) is 16.1. The van der Waals surface area contributed by atoms with E-state index >= 15 is 0 Å². The number of aryl methyl sites for hydroxylation is 2. The van der Waals surface area contributed by atoms with Crippen molar-refractivity contribution >= 4 is 10.8 Å². The van der Waals surface area contributed by atoms with Crippen LogP contribution in [0.15, 0.2) is 108 Å². The van der Waals surface area contributed by atoms with Gasteiger partial charge in [0.05, 0.1) is 17.6 Å². The van der Waals surface area contributed by atoms with E-state index in [2.05, 4.69) is 37.3 Å². The lowest BCUT2D eigenvalue weighted by molar-refractivity contribution is 0.483. The molecule has 0 aliphatic rings. The largest absolute Gasteiger partial charge is 0.457 e. The lowest BCUT2D eigenvalue weighted by atomic mass is 10.0. The molecule has 1 aromatic heterocycles. The van der Waals surface area contributed by atoms with Crippen molar-refractivity contribution in [3.05, 3.63) is 130 Å². The fraction of sp³-hybridized carbons (Fsp3) is 0.100. The number of para-hydroxylation sites is 1. The molecule has 0 aliphatic carbocycles. The number of pyridine rings is 1. The van der Waals surface area contributed by atoms with Crippen molar-refractivity contribution in [3.8, 4) is 22.8 Å². The maximum Gasteiger partial charge on any atom is 0.259 e. The Morgan fingerprint density at radius 3 is 2.15 bits per heavy atom. The van der Waals surface area contributed by atoms with Gasteiger partial charge in [-0.15, -0.1) is 0 Å². The van der Waals surface area contributed by atoms with Crippen LogP contribution in [0.5, 0.6) is 11.5 Å². The Hall–Kier alpha value is -4.11. The highest BCUT2D eigenvalue weighted by molar-refractivity contribution is 5.88. The summed E-state index contributed by atoms with van der Waals surface area (Å²) < 4.78 is 7.83. The SMILES string of the molecule is Cc1ccc(Cn2c(-c3ccc(Oc4ccccc4)cc3)cc3cccc(C)c3c2=O)cc1. The smallest absolute Gasteiger partial charge is 0.259 e. The number of hydrogen-bond acceptors (Lipinski definition) is 2. The molecule has 0 aliphatic heterocycles. The Labute approximate surface area is 193 Å². The number of benzene rings is 4. The molecule has 0 saturated carbocycles. The quantitative estimate of drug-likeness (QED) is 0.296. The second-order valence-electron chi connectivity index (χ2n) is 8.39. The van der Waals surface area contributed by atoms with Gasteiger partial charge in [0, 0.05) is 0 Å². The van der Waals surface area contributed by atoms with E-state index in [9.17, 15) is 4.79 Å². The van der Waals surface area contributed by atoms with Crippen molar-refractivity contribution in [2.24, 2.45) is 0 Å². The Morgan fingerprint density at radius 1 is 0.727 bits per heavy atom. The van der Waals surface area contributed by atoms with Crippen LogP contribution in [0.3, 0.4) is 0 Å². The second kappa shape index (κ2) is 8.79. The summed E-state index contributed by atoms with van der Waals surface area (Å²) in [6.07, 6.45) is 0. The zero-order valence-corrected chi connectivity index (χ0v) is 18.8. The molecule has 0 spiro atoms. The van der Waals surface area contributed by atoms with Gasteiger partial charge < -0.3 is 9.30 Å². The summed E-state index contributed by atoms with van der Waals surface area (Å²) >= 11 is 0. The monoisotopic (exact) mass is 431 g/mol. The average Bonchev–Trinajstić information content (AvgIpc) is 2.83. The Balaban J connectivity index is 1.60. The van der Waals surface area contributed by atoms with Crippen LogP contribution in [-0.2, 0) is 6.54 Å². The third-order valence-electron chi connectivity index (χ3n) is 5.94. The molecule has 1 heterocycles. The first-order valence-electron chi connectivity index (χ1n) is 11.1. The van der Waals surface area contributed by atoms with E-state index in [1.54, 1.807) is 0 Å². The van der Waals surface area contributed by atoms with E-state index in [0.29, 0.717) is 6.54 Å². The standard InChI is InChI=1S/C30H25NO2/c1-21-11-13-23(14-12-21)20-31-28(19-25-8-6-7-22(2)29(25)30(31)32)24-15-17-27(18-16-24)33-26-9-4-3-5-10-26/h3-19H,20H2,1-2H3. The van der Waals surface area contributed by atoms with Crippen LogP contribution in [0.25, 0.3) is 22.0 Å². The van der Waals surface area contributed by atoms with Crippen LogP contribution in [0.4, 0.5) is 0 Å². The lowest BCUT2D eigenvalue weighted by Gasteiger charge is -2.16. The van der Waals surface area contributed by atoms with E-state index < -0.39 is 0 Å². The topological polar surface area (TPSA) is 31.2 Å². The van der Waals surface area contributed by atoms with E-state index in [0.717, 1.165) is 44.7 Å². The van der Waals surface area contributed by atoms with Gasteiger partial charge >= 0.3 is 0 Å². The van der Waals surface area contributed by atoms with Gasteiger partial charge in [-0.05, 0) is 78.4 Å². The zero-order valence-electron chi connectivity index (χ0n) is 18.8. The Bertz CT molecular complexity index is 1470. The molecule has 0 radical (unpaired) electrons. The van der Waals surface area contributed by atoms with Gasteiger partial charge in [0.15, 0.2) is 0 Å². The molecule has 162 valence electrons. The molecule has 3 nitrogen and oxygen atoms in total. The number of nitrogens with zero attached hydrogens (tertiary/aromatic N) is 1. The normalized spacial score (nSPS) is 11.0. The minimum Gasteiger partial charge on any atom is -0.457 e. The van der Waals surface area contributed by atoms with Crippen LogP contribution < -0.4 is 10.3 Å². The number of aromatic nitrogens is 1. The third kappa shape index (κ3) is 4.31. The van der Waals surface area contributed by atoms with Crippen molar-refractivity contribution in [2.45, 2.75) is 20.4 Å². The van der Waals surface area contributed by atoms with Crippen LogP contribution in [-0.4, -0.2) is 4.57 Å². The summed E-state index contributed by atoms with van der Waals surface area (Å²) in [4.78, 5) is 13.7. The maximum absolute atomic E-state index is 13.7. The van der Waals surface area contributed by atoms with Crippen molar-refractivity contribution in [1.82, 2.24) is 4.57 Å². The molecule has 0 amide bonds. The van der Waals surface area contributed by atoms with Crippen molar-refractivity contribution in [2.75, 3.05) is 0 Å². The summed E-state index contributed by atoms with van der Waals surface area (Å²) in [6.45, 7) is 4.58. The van der Waals surface area contributed by atoms with E-state index in [1.165, 1.54) is 5.56 Å². The van der Waals surface area contributed by atoms with Gasteiger partial charge in [0.25, 0.3) is 5.56 Å². The predicted molar refractivity (Wildman–Crippen MR) is 135 cm³/mol. The number of hydrogen-bond donors (Lipinski definition) is 0. The molecule has 3 heteroatoms. The lowest BCUT2D eigenvalue weighted by Crippen LogP contribution is -2.23. The minimum atomic E-state index is 0.0331. The molecular weight excluding hydrogens is 406 g/mol. The van der Waals surface area contributed by atoms with Crippen LogP contribution >= 0.6 is 0 Å². The zero-order chi connectivity index (χ0) is 22.8. The van der Waals surface area contributed by atoms with Crippen LogP contribution in [0.1, 0.15) is 16.7 Å². The first-order valence-corrected chi connectivity index (χ1v) is 11.1. The molecule has 0 N–H and O–H groups in total. The van der Waals surface area contributed by atoms with Crippen LogP contribution in [0.2, 0.25) is 0 Å². The Kier molecular flexibility index (Phi) is 5.54. The summed E-state index contributed by atoms with van der Waals surface area (Å²) in [5, 5.41) is 1.73. The fourth-order valence-corrected chi connectivity index (χ4v) is 4.16. The molecule has 0 fully saturated rings. The van der Waals surface area contributed by atoms with Crippen molar-refractivity contribution in [3.63, 3.8) is 0 Å². The summed E-state index contributed by atoms with van der Waals surface area (Å²) in [5.41, 5.74) is 5.20. The summed E-state index contributed by atoms with van der Waals surface area (Å²) in [6, 6.07) is 34.1. The van der Waals surface area contributed by atoms with E-state index in [-0.39, 0.29) is 5.56 Å². The van der Waals surface area contributed by atoms with Gasteiger partial charge in [-0.25, -0.2) is 0 Å². The third-order valence-corrected chi connectivity index (χ3v) is 5.94. The Morgan fingerprint density at radius 2 is 1.42 bits per heavy atom. The number of rotatable bonds is 5. The molecule has 0 unspecified atom stereocenters.